The number of benzene rings is 1. The van der Waals surface area contributed by atoms with Gasteiger partial charge < -0.3 is 10.5 Å². The number of hydrogen-bond donors (Lipinski definition) is 1. The Morgan fingerprint density at radius 1 is 1.31 bits per heavy atom. The van der Waals surface area contributed by atoms with E-state index >= 15 is 0 Å². The quantitative estimate of drug-likeness (QED) is 0.510. The van der Waals surface area contributed by atoms with Crippen LogP contribution in [0.1, 0.15) is 0 Å². The summed E-state index contributed by atoms with van der Waals surface area (Å²) in [6.45, 7) is -0.139. The van der Waals surface area contributed by atoms with E-state index in [0.717, 1.165) is 12.1 Å². The predicted molar refractivity (Wildman–Crippen MR) is 54.8 cm³/mol. The van der Waals surface area contributed by atoms with Crippen molar-refractivity contribution in [3.8, 4) is 5.75 Å². The van der Waals surface area contributed by atoms with E-state index in [1.807, 2.05) is 0 Å². The van der Waals surface area contributed by atoms with Crippen LogP contribution in [-0.2, 0) is 0 Å². The summed E-state index contributed by atoms with van der Waals surface area (Å²) in [4.78, 5) is 0. The topological polar surface area (TPSA) is 35.2 Å². The molecule has 0 saturated heterocycles. The predicted octanol–water partition coefficient (Wildman–Crippen LogP) is 3.04. The van der Waals surface area contributed by atoms with Crippen molar-refractivity contribution < 1.29 is 22.3 Å². The lowest BCUT2D eigenvalue weighted by atomic mass is 10.3. The number of nitrogen functional groups attached to an aromatic ring is 1. The SMILES string of the molecule is Nc1cc(F)ccc1OCCSC(F)(F)F. The second kappa shape index (κ2) is 5.29. The van der Waals surface area contributed by atoms with Crippen LogP contribution in [0.25, 0.3) is 0 Å². The van der Waals surface area contributed by atoms with Gasteiger partial charge >= 0.3 is 5.51 Å². The zero-order valence-electron chi connectivity index (χ0n) is 8.05. The highest BCUT2D eigenvalue weighted by Gasteiger charge is 2.27. The Morgan fingerprint density at radius 3 is 2.56 bits per heavy atom. The third-order valence-electron chi connectivity index (χ3n) is 1.58. The van der Waals surface area contributed by atoms with Gasteiger partial charge in [0.25, 0.3) is 0 Å². The molecular formula is C9H9F4NOS. The molecule has 90 valence electrons. The minimum Gasteiger partial charge on any atom is -0.491 e. The Bertz CT molecular complexity index is 356. The van der Waals surface area contributed by atoms with Crippen LogP contribution in [-0.4, -0.2) is 17.9 Å². The van der Waals surface area contributed by atoms with Crippen LogP contribution < -0.4 is 10.5 Å². The fraction of sp³-hybridized carbons (Fsp3) is 0.333. The maximum atomic E-state index is 12.6. The molecular weight excluding hydrogens is 246 g/mol. The van der Waals surface area contributed by atoms with Gasteiger partial charge in [-0.15, -0.1) is 0 Å². The summed E-state index contributed by atoms with van der Waals surface area (Å²) in [5.74, 6) is -0.570. The molecule has 1 aromatic rings. The van der Waals surface area contributed by atoms with Gasteiger partial charge in [0.2, 0.25) is 0 Å². The number of anilines is 1. The standard InChI is InChI=1S/C9H9F4NOS/c10-6-1-2-8(7(14)5-6)15-3-4-16-9(11,12)13/h1-2,5H,3-4,14H2. The molecule has 0 fully saturated rings. The lowest BCUT2D eigenvalue weighted by Gasteiger charge is -2.09. The monoisotopic (exact) mass is 255 g/mol. The molecule has 7 heteroatoms. The smallest absolute Gasteiger partial charge is 0.441 e. The molecule has 0 aliphatic rings. The molecule has 1 aromatic carbocycles. The number of alkyl halides is 3. The lowest BCUT2D eigenvalue weighted by molar-refractivity contribution is -0.0329. The molecule has 0 aliphatic heterocycles. The van der Waals surface area contributed by atoms with E-state index in [-0.39, 0.29) is 35.6 Å². The number of hydrogen-bond acceptors (Lipinski definition) is 3. The zero-order valence-corrected chi connectivity index (χ0v) is 8.87. The van der Waals surface area contributed by atoms with Crippen molar-refractivity contribution in [2.24, 2.45) is 0 Å². The molecule has 2 nitrogen and oxygen atoms in total. The van der Waals surface area contributed by atoms with Gasteiger partial charge in [0, 0.05) is 11.8 Å². The molecule has 0 spiro atoms. The van der Waals surface area contributed by atoms with Crippen LogP contribution in [0.15, 0.2) is 18.2 Å². The van der Waals surface area contributed by atoms with Crippen molar-refractivity contribution in [3.63, 3.8) is 0 Å². The molecule has 0 radical (unpaired) electrons. The molecule has 0 atom stereocenters. The number of nitrogens with two attached hydrogens (primary N) is 1. The van der Waals surface area contributed by atoms with Crippen molar-refractivity contribution in [2.75, 3.05) is 18.1 Å². The normalized spacial score (nSPS) is 11.5. The van der Waals surface area contributed by atoms with Crippen LogP contribution >= 0.6 is 11.8 Å². The fourth-order valence-corrected chi connectivity index (χ4v) is 1.36. The van der Waals surface area contributed by atoms with Gasteiger partial charge in [-0.25, -0.2) is 4.39 Å². The summed E-state index contributed by atoms with van der Waals surface area (Å²) >= 11 is -0.178. The number of halogens is 4. The van der Waals surface area contributed by atoms with E-state index in [4.69, 9.17) is 10.5 Å². The highest BCUT2D eigenvalue weighted by molar-refractivity contribution is 8.00. The third kappa shape index (κ3) is 4.61. The summed E-state index contributed by atoms with van der Waals surface area (Å²) < 4.78 is 52.8. The number of rotatable bonds is 4. The lowest BCUT2D eigenvalue weighted by Crippen LogP contribution is -2.08. The Hall–Kier alpha value is -1.11. The van der Waals surface area contributed by atoms with Gasteiger partial charge in [0.05, 0.1) is 12.3 Å². The van der Waals surface area contributed by atoms with Crippen molar-refractivity contribution in [1.29, 1.82) is 0 Å². The molecule has 1 rings (SSSR count). The molecule has 0 saturated carbocycles. The largest absolute Gasteiger partial charge is 0.491 e. The van der Waals surface area contributed by atoms with Crippen molar-refractivity contribution in [3.05, 3.63) is 24.0 Å². The van der Waals surface area contributed by atoms with Gasteiger partial charge in [0.15, 0.2) is 0 Å². The molecule has 2 N–H and O–H groups in total. The highest BCUT2D eigenvalue weighted by atomic mass is 32.2. The van der Waals surface area contributed by atoms with E-state index in [1.54, 1.807) is 0 Å². The van der Waals surface area contributed by atoms with E-state index in [9.17, 15) is 17.6 Å². The van der Waals surface area contributed by atoms with E-state index in [0.29, 0.717) is 0 Å². The average molecular weight is 255 g/mol. The summed E-state index contributed by atoms with van der Waals surface area (Å²) in [5, 5.41) is 0. The molecule has 0 aromatic heterocycles. The van der Waals surface area contributed by atoms with Gasteiger partial charge in [-0.3, -0.25) is 0 Å². The first kappa shape index (κ1) is 13.0. The van der Waals surface area contributed by atoms with Crippen LogP contribution in [0.2, 0.25) is 0 Å². The molecule has 0 heterocycles. The fourth-order valence-electron chi connectivity index (χ4n) is 0.960. The van der Waals surface area contributed by atoms with Gasteiger partial charge in [0.1, 0.15) is 11.6 Å². The summed E-state index contributed by atoms with van der Waals surface area (Å²) in [6, 6.07) is 3.46. The Kier molecular flexibility index (Phi) is 4.28. The van der Waals surface area contributed by atoms with Crippen molar-refractivity contribution >= 4 is 17.4 Å². The Labute approximate surface area is 93.8 Å². The first-order valence-electron chi connectivity index (χ1n) is 4.27. The second-order valence-electron chi connectivity index (χ2n) is 2.82. The maximum Gasteiger partial charge on any atom is 0.441 e. The van der Waals surface area contributed by atoms with E-state index in [2.05, 4.69) is 0 Å². The number of thioether (sulfide) groups is 1. The molecule has 0 bridgehead atoms. The van der Waals surface area contributed by atoms with Crippen LogP contribution in [0, 0.1) is 5.82 Å². The van der Waals surface area contributed by atoms with Gasteiger partial charge in [-0.1, -0.05) is 0 Å². The summed E-state index contributed by atoms with van der Waals surface area (Å²) in [5.41, 5.74) is 1.20. The first-order chi connectivity index (χ1) is 7.38. The van der Waals surface area contributed by atoms with Crippen molar-refractivity contribution in [2.45, 2.75) is 5.51 Å². The maximum absolute atomic E-state index is 12.6. The summed E-state index contributed by atoms with van der Waals surface area (Å²) in [7, 11) is 0. The van der Waals surface area contributed by atoms with E-state index < -0.39 is 11.3 Å². The third-order valence-corrected chi connectivity index (χ3v) is 2.28. The van der Waals surface area contributed by atoms with Crippen LogP contribution in [0.5, 0.6) is 5.75 Å². The highest BCUT2D eigenvalue weighted by Crippen LogP contribution is 2.30. The minimum atomic E-state index is -4.27. The Balaban J connectivity index is 2.38. The molecule has 0 aliphatic carbocycles. The Morgan fingerprint density at radius 2 is 2.00 bits per heavy atom. The van der Waals surface area contributed by atoms with E-state index in [1.165, 1.54) is 6.07 Å². The van der Waals surface area contributed by atoms with Gasteiger partial charge in [-0.05, 0) is 23.9 Å². The van der Waals surface area contributed by atoms with Crippen LogP contribution in [0.4, 0.5) is 23.2 Å². The second-order valence-corrected chi connectivity index (χ2v) is 3.98. The van der Waals surface area contributed by atoms with Gasteiger partial charge in [-0.2, -0.15) is 13.2 Å². The molecule has 0 amide bonds. The molecule has 0 unspecified atom stereocenters. The summed E-state index contributed by atoms with van der Waals surface area (Å²) in [6.07, 6.45) is 0. The minimum absolute atomic E-state index is 0.0667. The average Bonchev–Trinajstić information content (AvgIpc) is 2.13. The number of ether oxygens (including phenoxy) is 1. The first-order valence-corrected chi connectivity index (χ1v) is 5.25. The molecule has 16 heavy (non-hydrogen) atoms. The zero-order chi connectivity index (χ0) is 12.2. The van der Waals surface area contributed by atoms with Crippen molar-refractivity contribution in [1.82, 2.24) is 0 Å². The van der Waals surface area contributed by atoms with Crippen LogP contribution in [0.3, 0.4) is 0 Å².